The number of aromatic carboxylic acids is 1. The number of benzene rings is 1. The number of nitrogens with one attached hydrogen (secondary N) is 1. The lowest BCUT2D eigenvalue weighted by Gasteiger charge is -2.05. The molecule has 0 aliphatic carbocycles. The Morgan fingerprint density at radius 2 is 2.31 bits per heavy atom. The molecule has 66 valence electrons. The van der Waals surface area contributed by atoms with Gasteiger partial charge in [0.15, 0.2) is 0 Å². The van der Waals surface area contributed by atoms with Crippen LogP contribution in [0.5, 0.6) is 0 Å². The zero-order valence-electron chi connectivity index (χ0n) is 7.37. The highest BCUT2D eigenvalue weighted by Crippen LogP contribution is 2.17. The molecule has 2 N–H and O–H groups in total. The third kappa shape index (κ3) is 1.90. The molecule has 0 amide bonds. The number of hydrogen-bond acceptors (Lipinski definition) is 2. The van der Waals surface area contributed by atoms with Crippen LogP contribution in [0.25, 0.3) is 6.08 Å². The molecule has 0 atom stereocenters. The molecule has 0 bridgehead atoms. The minimum atomic E-state index is -0.931. The predicted octanol–water partition coefficient (Wildman–Crippen LogP) is 0.988. The minimum Gasteiger partial charge on any atom is -0.478 e. The van der Waals surface area contributed by atoms with Crippen molar-refractivity contribution < 1.29 is 9.90 Å². The fourth-order valence-corrected chi connectivity index (χ4v) is 1.08. The number of rotatable bonds is 3. The number of carbonyl (C=O) groups is 1. The molecule has 0 radical (unpaired) electrons. The Balaban J connectivity index is 3.23. The van der Waals surface area contributed by atoms with E-state index in [1.54, 1.807) is 32.3 Å². The van der Waals surface area contributed by atoms with E-state index in [0.29, 0.717) is 5.69 Å². The average molecular weight is 175 g/mol. The van der Waals surface area contributed by atoms with Gasteiger partial charge in [-0.15, -0.1) is 0 Å². The molecule has 13 heavy (non-hydrogen) atoms. The van der Waals surface area contributed by atoms with Crippen LogP contribution in [0, 0.1) is 0 Å². The molecule has 0 saturated heterocycles. The third-order valence-corrected chi connectivity index (χ3v) is 1.78. The Labute approximate surface area is 77.5 Å². The topological polar surface area (TPSA) is 49.3 Å². The minimum absolute atomic E-state index is 0.271. The maximum atomic E-state index is 10.7. The van der Waals surface area contributed by atoms with Crippen molar-refractivity contribution >= 4 is 25.7 Å². The summed E-state index contributed by atoms with van der Waals surface area (Å²) in [5, 5.41) is 11.6. The molecular weight excluding hydrogens is 165 g/mol. The first-order chi connectivity index (χ1) is 6.19. The summed E-state index contributed by atoms with van der Waals surface area (Å²) in [6, 6.07) is 5.03. The molecular formula is C9H10BNO2. The van der Waals surface area contributed by atoms with Crippen LogP contribution in [-0.4, -0.2) is 19.1 Å². The largest absolute Gasteiger partial charge is 0.478 e. The molecule has 0 spiro atoms. The normalized spacial score (nSPS) is 9.23. The van der Waals surface area contributed by atoms with E-state index in [9.17, 15) is 4.79 Å². The van der Waals surface area contributed by atoms with Gasteiger partial charge < -0.3 is 10.3 Å². The molecule has 0 saturated carbocycles. The third-order valence-electron chi connectivity index (χ3n) is 1.78. The van der Waals surface area contributed by atoms with Crippen molar-refractivity contribution in [3.8, 4) is 0 Å². The summed E-state index contributed by atoms with van der Waals surface area (Å²) in [5.74, 6) is -0.931. The lowest BCUT2D eigenvalue weighted by molar-refractivity contribution is 0.0698. The summed E-state index contributed by atoms with van der Waals surface area (Å²) >= 11 is 0. The van der Waals surface area contributed by atoms with Crippen molar-refractivity contribution in [3.63, 3.8) is 0 Å². The zero-order valence-corrected chi connectivity index (χ0v) is 7.37. The van der Waals surface area contributed by atoms with Crippen molar-refractivity contribution in [1.82, 2.24) is 0 Å². The summed E-state index contributed by atoms with van der Waals surface area (Å²) in [6.45, 7) is 3.61. The van der Waals surface area contributed by atoms with Gasteiger partial charge in [-0.2, -0.15) is 0 Å². The second-order valence-electron chi connectivity index (χ2n) is 2.56. The van der Waals surface area contributed by atoms with Gasteiger partial charge in [0.1, 0.15) is 0 Å². The molecule has 0 aliphatic rings. The summed E-state index contributed by atoms with van der Waals surface area (Å²) < 4.78 is 0. The van der Waals surface area contributed by atoms with E-state index in [1.807, 2.05) is 0 Å². The quantitative estimate of drug-likeness (QED) is 0.673. The van der Waals surface area contributed by atoms with E-state index in [-0.39, 0.29) is 5.56 Å². The molecule has 0 aliphatic heterocycles. The van der Waals surface area contributed by atoms with E-state index in [2.05, 4.69) is 11.8 Å². The van der Waals surface area contributed by atoms with Gasteiger partial charge in [-0.3, -0.25) is 0 Å². The van der Waals surface area contributed by atoms with Crippen molar-refractivity contribution in [2.24, 2.45) is 0 Å². The van der Waals surface area contributed by atoms with Gasteiger partial charge in [0.2, 0.25) is 7.98 Å². The molecule has 1 aromatic carbocycles. The first-order valence-electron chi connectivity index (χ1n) is 3.86. The van der Waals surface area contributed by atoms with Crippen LogP contribution in [0.1, 0.15) is 15.9 Å². The molecule has 1 aromatic rings. The van der Waals surface area contributed by atoms with Crippen LogP contribution in [0.2, 0.25) is 0 Å². The first kappa shape index (κ1) is 9.38. The van der Waals surface area contributed by atoms with Gasteiger partial charge in [-0.1, -0.05) is 18.7 Å². The van der Waals surface area contributed by atoms with E-state index in [4.69, 9.17) is 5.11 Å². The van der Waals surface area contributed by atoms with Crippen molar-refractivity contribution in [3.05, 3.63) is 35.9 Å². The maximum Gasteiger partial charge on any atom is 0.337 e. The highest BCUT2D eigenvalue weighted by molar-refractivity contribution is 6.17. The Morgan fingerprint density at radius 3 is 2.77 bits per heavy atom. The highest BCUT2D eigenvalue weighted by Gasteiger charge is 2.07. The van der Waals surface area contributed by atoms with Crippen molar-refractivity contribution in [2.75, 3.05) is 5.23 Å². The van der Waals surface area contributed by atoms with E-state index >= 15 is 0 Å². The first-order valence-corrected chi connectivity index (χ1v) is 3.86. The Kier molecular flexibility index (Phi) is 2.74. The fraction of sp³-hybridized carbons (Fsp3) is 0. The smallest absolute Gasteiger partial charge is 0.337 e. The molecule has 0 unspecified atom stereocenters. The average Bonchev–Trinajstić information content (AvgIpc) is 2.16. The molecule has 0 fully saturated rings. The second kappa shape index (κ2) is 3.80. The summed E-state index contributed by atoms with van der Waals surface area (Å²) in [7, 11) is 1.69. The zero-order chi connectivity index (χ0) is 9.84. The Bertz CT molecular complexity index is 349. The molecule has 0 aromatic heterocycles. The Morgan fingerprint density at radius 1 is 1.62 bits per heavy atom. The maximum absolute atomic E-state index is 10.7. The van der Waals surface area contributed by atoms with Gasteiger partial charge in [0, 0.05) is 5.69 Å². The van der Waals surface area contributed by atoms with Gasteiger partial charge in [-0.25, -0.2) is 4.79 Å². The molecule has 0 heterocycles. The summed E-state index contributed by atoms with van der Waals surface area (Å²) in [5.41, 5.74) is 1.77. The van der Waals surface area contributed by atoms with Gasteiger partial charge in [0.05, 0.1) is 5.56 Å². The number of carboxylic acids is 1. The van der Waals surface area contributed by atoms with Crippen LogP contribution in [-0.2, 0) is 0 Å². The van der Waals surface area contributed by atoms with Crippen LogP contribution in [0.15, 0.2) is 24.8 Å². The standard InChI is InChI=1S/C9H10BNO2/c1-2-6-3-4-7(9(12)13)8(5-6)11-10/h2-5,11H,1,10H2,(H,12,13). The van der Waals surface area contributed by atoms with Gasteiger partial charge >= 0.3 is 5.97 Å². The van der Waals surface area contributed by atoms with Crippen LogP contribution >= 0.6 is 0 Å². The number of hydrogen-bond donors (Lipinski definition) is 2. The lowest BCUT2D eigenvalue weighted by atomic mass is 10.1. The van der Waals surface area contributed by atoms with Crippen LogP contribution < -0.4 is 5.23 Å². The van der Waals surface area contributed by atoms with Crippen molar-refractivity contribution in [1.29, 1.82) is 0 Å². The van der Waals surface area contributed by atoms with Crippen LogP contribution in [0.4, 0.5) is 5.69 Å². The van der Waals surface area contributed by atoms with Crippen LogP contribution in [0.3, 0.4) is 0 Å². The van der Waals surface area contributed by atoms with Gasteiger partial charge in [-0.05, 0) is 17.7 Å². The monoisotopic (exact) mass is 175 g/mol. The Hall–Kier alpha value is -1.71. The van der Waals surface area contributed by atoms with Gasteiger partial charge in [0.25, 0.3) is 0 Å². The number of carboxylic acid groups (broad SMARTS) is 1. The SMILES string of the molecule is BNc1cc(C=C)ccc1C(=O)O. The highest BCUT2D eigenvalue weighted by atomic mass is 16.4. The fourth-order valence-electron chi connectivity index (χ4n) is 1.08. The number of anilines is 1. The van der Waals surface area contributed by atoms with E-state index in [0.717, 1.165) is 5.56 Å². The molecule has 4 heteroatoms. The molecule has 3 nitrogen and oxygen atoms in total. The van der Waals surface area contributed by atoms with Crippen molar-refractivity contribution in [2.45, 2.75) is 0 Å². The van der Waals surface area contributed by atoms with E-state index in [1.165, 1.54) is 0 Å². The summed E-state index contributed by atoms with van der Waals surface area (Å²) in [6.07, 6.45) is 1.67. The van der Waals surface area contributed by atoms with E-state index < -0.39 is 5.97 Å². The predicted molar refractivity (Wildman–Crippen MR) is 55.7 cm³/mol. The molecule has 1 rings (SSSR count). The lowest BCUT2D eigenvalue weighted by Crippen LogP contribution is -2.03. The summed E-state index contributed by atoms with van der Waals surface area (Å²) in [4.78, 5) is 10.7. The second-order valence-corrected chi connectivity index (χ2v) is 2.56.